The fraction of sp³-hybridized carbons (Fsp3) is 0.250. The summed E-state index contributed by atoms with van der Waals surface area (Å²) in [5.41, 5.74) is 1.92. The van der Waals surface area contributed by atoms with E-state index in [1.807, 2.05) is 0 Å². The van der Waals surface area contributed by atoms with Crippen LogP contribution in [0.1, 0.15) is 28.4 Å². The standard InChI is InChI=1S/C12H13NO4/c1-8-6-10(7-9(2)13(15)16)4-5-11(8)12(14)17-3/h4-7H,1-3H3. The summed E-state index contributed by atoms with van der Waals surface area (Å²) in [6, 6.07) is 4.95. The van der Waals surface area contributed by atoms with E-state index in [0.29, 0.717) is 11.1 Å². The Kier molecular flexibility index (Phi) is 3.98. The van der Waals surface area contributed by atoms with Gasteiger partial charge in [-0.25, -0.2) is 4.79 Å². The zero-order valence-corrected chi connectivity index (χ0v) is 9.89. The van der Waals surface area contributed by atoms with Gasteiger partial charge in [0, 0.05) is 13.0 Å². The van der Waals surface area contributed by atoms with Crippen LogP contribution in [0.2, 0.25) is 0 Å². The van der Waals surface area contributed by atoms with Crippen molar-refractivity contribution in [3.63, 3.8) is 0 Å². The Bertz CT molecular complexity index is 491. The van der Waals surface area contributed by atoms with Crippen LogP contribution in [0.25, 0.3) is 6.08 Å². The van der Waals surface area contributed by atoms with Gasteiger partial charge in [-0.15, -0.1) is 0 Å². The maximum Gasteiger partial charge on any atom is 0.338 e. The van der Waals surface area contributed by atoms with Crippen LogP contribution < -0.4 is 0 Å². The van der Waals surface area contributed by atoms with Gasteiger partial charge in [-0.1, -0.05) is 12.1 Å². The lowest BCUT2D eigenvalue weighted by molar-refractivity contribution is -0.422. The van der Waals surface area contributed by atoms with Crippen LogP contribution in [0.3, 0.4) is 0 Å². The molecule has 0 heterocycles. The van der Waals surface area contributed by atoms with Crippen LogP contribution in [0.5, 0.6) is 0 Å². The molecule has 0 radical (unpaired) electrons. The number of hydrogen-bond acceptors (Lipinski definition) is 4. The van der Waals surface area contributed by atoms with Gasteiger partial charge in [0.1, 0.15) is 0 Å². The second-order valence-corrected chi connectivity index (χ2v) is 3.61. The monoisotopic (exact) mass is 235 g/mol. The molecule has 0 aliphatic carbocycles. The molecule has 90 valence electrons. The quantitative estimate of drug-likeness (QED) is 0.458. The number of ether oxygens (including phenoxy) is 1. The van der Waals surface area contributed by atoms with Gasteiger partial charge < -0.3 is 4.74 Å². The summed E-state index contributed by atoms with van der Waals surface area (Å²) in [4.78, 5) is 21.3. The van der Waals surface area contributed by atoms with Crippen molar-refractivity contribution in [1.29, 1.82) is 0 Å². The third-order valence-electron chi connectivity index (χ3n) is 2.32. The number of rotatable bonds is 3. The first-order chi connectivity index (χ1) is 7.95. The molecule has 1 rings (SSSR count). The Balaban J connectivity index is 3.09. The van der Waals surface area contributed by atoms with E-state index in [-0.39, 0.29) is 5.70 Å². The number of methoxy groups -OCH3 is 1. The molecule has 0 bridgehead atoms. The van der Waals surface area contributed by atoms with Crippen LogP contribution in [0, 0.1) is 17.0 Å². The third kappa shape index (κ3) is 3.14. The van der Waals surface area contributed by atoms with Gasteiger partial charge in [0.05, 0.1) is 17.6 Å². The number of allylic oxidation sites excluding steroid dienone is 1. The van der Waals surface area contributed by atoms with Gasteiger partial charge in [-0.2, -0.15) is 0 Å². The summed E-state index contributed by atoms with van der Waals surface area (Å²) in [7, 11) is 1.31. The zero-order valence-electron chi connectivity index (χ0n) is 9.89. The lowest BCUT2D eigenvalue weighted by Crippen LogP contribution is -2.03. The summed E-state index contributed by atoms with van der Waals surface area (Å²) < 4.78 is 4.61. The number of esters is 1. The molecule has 0 saturated heterocycles. The molecule has 0 fully saturated rings. The Labute approximate surface area is 98.9 Å². The molecule has 17 heavy (non-hydrogen) atoms. The van der Waals surface area contributed by atoms with E-state index in [0.717, 1.165) is 5.56 Å². The minimum atomic E-state index is -0.455. The highest BCUT2D eigenvalue weighted by Crippen LogP contribution is 2.15. The van der Waals surface area contributed by atoms with E-state index in [4.69, 9.17) is 0 Å². The number of nitro groups is 1. The van der Waals surface area contributed by atoms with Crippen LogP contribution in [0.4, 0.5) is 0 Å². The summed E-state index contributed by atoms with van der Waals surface area (Å²) in [6.07, 6.45) is 1.45. The predicted octanol–water partition coefficient (Wildman–Crippen LogP) is 2.42. The number of hydrogen-bond donors (Lipinski definition) is 0. The molecule has 0 amide bonds. The highest BCUT2D eigenvalue weighted by molar-refractivity contribution is 5.91. The van der Waals surface area contributed by atoms with Crippen molar-refractivity contribution in [2.24, 2.45) is 0 Å². The predicted molar refractivity (Wildman–Crippen MR) is 63.2 cm³/mol. The summed E-state index contributed by atoms with van der Waals surface area (Å²) in [5, 5.41) is 10.5. The maximum absolute atomic E-state index is 11.3. The van der Waals surface area contributed by atoms with Gasteiger partial charge in [0.2, 0.25) is 5.70 Å². The van der Waals surface area contributed by atoms with Crippen LogP contribution in [0.15, 0.2) is 23.9 Å². The number of carbonyl (C=O) groups excluding carboxylic acids is 1. The summed E-state index contributed by atoms with van der Waals surface area (Å²) in [5.74, 6) is -0.413. The molecule has 0 atom stereocenters. The molecule has 0 aliphatic heterocycles. The second kappa shape index (κ2) is 5.25. The van der Waals surface area contributed by atoms with E-state index in [1.54, 1.807) is 25.1 Å². The van der Waals surface area contributed by atoms with Crippen molar-refractivity contribution in [2.45, 2.75) is 13.8 Å². The molecule has 0 spiro atoms. The lowest BCUT2D eigenvalue weighted by Gasteiger charge is -2.04. The highest BCUT2D eigenvalue weighted by Gasteiger charge is 2.09. The average Bonchev–Trinajstić information content (AvgIpc) is 2.28. The molecule has 5 nitrogen and oxygen atoms in total. The van der Waals surface area contributed by atoms with E-state index >= 15 is 0 Å². The Morgan fingerprint density at radius 2 is 2.12 bits per heavy atom. The fourth-order valence-electron chi connectivity index (χ4n) is 1.41. The van der Waals surface area contributed by atoms with Gasteiger partial charge in [0.25, 0.3) is 0 Å². The minimum Gasteiger partial charge on any atom is -0.465 e. The number of aryl methyl sites for hydroxylation is 1. The van der Waals surface area contributed by atoms with Gasteiger partial charge in [-0.05, 0) is 24.1 Å². The number of benzene rings is 1. The third-order valence-corrected chi connectivity index (χ3v) is 2.32. The first kappa shape index (κ1) is 12.9. The largest absolute Gasteiger partial charge is 0.465 e. The average molecular weight is 235 g/mol. The summed E-state index contributed by atoms with van der Waals surface area (Å²) >= 11 is 0. The number of carbonyl (C=O) groups is 1. The molecule has 0 unspecified atom stereocenters. The Morgan fingerprint density at radius 1 is 1.47 bits per heavy atom. The Morgan fingerprint density at radius 3 is 2.59 bits per heavy atom. The van der Waals surface area contributed by atoms with E-state index < -0.39 is 10.9 Å². The van der Waals surface area contributed by atoms with Crippen molar-refractivity contribution < 1.29 is 14.5 Å². The first-order valence-electron chi connectivity index (χ1n) is 4.97. The molecule has 0 saturated carbocycles. The van der Waals surface area contributed by atoms with Crippen LogP contribution in [-0.4, -0.2) is 18.0 Å². The second-order valence-electron chi connectivity index (χ2n) is 3.61. The molecular weight excluding hydrogens is 222 g/mol. The van der Waals surface area contributed by atoms with E-state index in [1.165, 1.54) is 20.1 Å². The fourth-order valence-corrected chi connectivity index (χ4v) is 1.41. The van der Waals surface area contributed by atoms with E-state index in [9.17, 15) is 14.9 Å². The molecule has 5 heteroatoms. The van der Waals surface area contributed by atoms with Crippen molar-refractivity contribution in [2.75, 3.05) is 7.11 Å². The molecule has 1 aromatic rings. The van der Waals surface area contributed by atoms with Crippen LogP contribution in [-0.2, 0) is 4.74 Å². The number of nitrogens with zero attached hydrogens (tertiary/aromatic N) is 1. The molecule has 1 aromatic carbocycles. The molecule has 0 N–H and O–H groups in total. The molecule has 0 aromatic heterocycles. The molecular formula is C12H13NO4. The van der Waals surface area contributed by atoms with Crippen LogP contribution >= 0.6 is 0 Å². The van der Waals surface area contributed by atoms with Crippen molar-refractivity contribution in [3.8, 4) is 0 Å². The highest BCUT2D eigenvalue weighted by atomic mass is 16.6. The topological polar surface area (TPSA) is 69.4 Å². The van der Waals surface area contributed by atoms with Gasteiger partial charge in [0.15, 0.2) is 0 Å². The smallest absolute Gasteiger partial charge is 0.338 e. The normalized spacial score (nSPS) is 11.1. The van der Waals surface area contributed by atoms with Gasteiger partial charge >= 0.3 is 5.97 Å². The summed E-state index contributed by atoms with van der Waals surface area (Å²) in [6.45, 7) is 3.18. The van der Waals surface area contributed by atoms with Gasteiger partial charge in [-0.3, -0.25) is 10.1 Å². The van der Waals surface area contributed by atoms with Crippen molar-refractivity contribution in [1.82, 2.24) is 0 Å². The minimum absolute atomic E-state index is 0.0511. The lowest BCUT2D eigenvalue weighted by atomic mass is 10.0. The first-order valence-corrected chi connectivity index (χ1v) is 4.97. The van der Waals surface area contributed by atoms with E-state index in [2.05, 4.69) is 4.74 Å². The van der Waals surface area contributed by atoms with Crippen molar-refractivity contribution >= 4 is 12.0 Å². The Hall–Kier alpha value is -2.17. The SMILES string of the molecule is COC(=O)c1ccc(C=C(C)[N+](=O)[O-])cc1C. The molecule has 0 aliphatic rings. The van der Waals surface area contributed by atoms with Crippen molar-refractivity contribution in [3.05, 3.63) is 50.7 Å². The zero-order chi connectivity index (χ0) is 13.0. The maximum atomic E-state index is 11.3.